The molecule has 1 aromatic rings. The minimum atomic E-state index is 0.573. The van der Waals surface area contributed by atoms with E-state index in [-0.39, 0.29) is 0 Å². The van der Waals surface area contributed by atoms with Gasteiger partial charge in [0.05, 0.1) is 0 Å². The Morgan fingerprint density at radius 3 is 3.00 bits per heavy atom. The molecule has 1 aromatic heterocycles. The van der Waals surface area contributed by atoms with Crippen LogP contribution in [0.1, 0.15) is 12.8 Å². The van der Waals surface area contributed by atoms with Crippen LogP contribution in [-0.2, 0) is 0 Å². The van der Waals surface area contributed by atoms with E-state index in [1.165, 1.54) is 12.8 Å². The van der Waals surface area contributed by atoms with Gasteiger partial charge in [-0.25, -0.2) is 4.98 Å². The summed E-state index contributed by atoms with van der Waals surface area (Å²) in [4.78, 5) is 9.00. The minimum absolute atomic E-state index is 0.573. The number of likely N-dealkylation sites (N-methyl/N-ethyl adjacent to an activating group) is 1. The number of hydrogen-bond acceptors (Lipinski definition) is 4. The Morgan fingerprint density at radius 1 is 1.50 bits per heavy atom. The largest absolute Gasteiger partial charge is 0.384 e. The molecule has 0 bridgehead atoms. The maximum absolute atomic E-state index is 5.72. The Labute approximate surface area is 97.1 Å². The smallest absolute Gasteiger partial charge is 0.131 e. The zero-order valence-electron chi connectivity index (χ0n) is 10.1. The molecule has 0 spiro atoms. The van der Waals surface area contributed by atoms with Crippen molar-refractivity contribution < 1.29 is 0 Å². The van der Waals surface area contributed by atoms with Gasteiger partial charge >= 0.3 is 0 Å². The highest BCUT2D eigenvalue weighted by Gasteiger charge is 2.25. The molecule has 16 heavy (non-hydrogen) atoms. The van der Waals surface area contributed by atoms with Crippen molar-refractivity contribution in [1.29, 1.82) is 0 Å². The van der Waals surface area contributed by atoms with Crippen molar-refractivity contribution >= 4 is 11.6 Å². The average molecular weight is 220 g/mol. The van der Waals surface area contributed by atoms with Crippen LogP contribution in [0.5, 0.6) is 0 Å². The third-order valence-electron chi connectivity index (χ3n) is 3.00. The predicted octanol–water partition coefficient (Wildman–Crippen LogP) is 1.19. The molecule has 88 valence electrons. The van der Waals surface area contributed by atoms with Crippen molar-refractivity contribution in [3.05, 3.63) is 18.2 Å². The Kier molecular flexibility index (Phi) is 3.29. The average Bonchev–Trinajstić information content (AvgIpc) is 2.65. The number of nitrogen functional groups attached to an aromatic ring is 1. The third kappa shape index (κ3) is 2.44. The highest BCUT2D eigenvalue weighted by Crippen LogP contribution is 2.24. The summed E-state index contributed by atoms with van der Waals surface area (Å²) in [5, 5.41) is 0. The van der Waals surface area contributed by atoms with Gasteiger partial charge in [-0.1, -0.05) is 6.07 Å². The molecular weight excluding hydrogens is 200 g/mol. The first-order chi connectivity index (χ1) is 7.66. The topological polar surface area (TPSA) is 45.4 Å². The Balaban J connectivity index is 2.13. The van der Waals surface area contributed by atoms with Gasteiger partial charge in [0.15, 0.2) is 0 Å². The molecule has 2 heterocycles. The first-order valence-corrected chi connectivity index (χ1v) is 5.81. The van der Waals surface area contributed by atoms with Gasteiger partial charge in [0.2, 0.25) is 0 Å². The van der Waals surface area contributed by atoms with Crippen molar-refractivity contribution in [3.8, 4) is 0 Å². The fourth-order valence-electron chi connectivity index (χ4n) is 2.35. The summed E-state index contributed by atoms with van der Waals surface area (Å²) in [5.41, 5.74) is 5.72. The van der Waals surface area contributed by atoms with Crippen LogP contribution in [0.3, 0.4) is 0 Å². The second-order valence-corrected chi connectivity index (χ2v) is 4.67. The quantitative estimate of drug-likeness (QED) is 0.831. The van der Waals surface area contributed by atoms with E-state index in [0.29, 0.717) is 11.9 Å². The molecule has 0 radical (unpaired) electrons. The van der Waals surface area contributed by atoms with E-state index in [2.05, 4.69) is 28.9 Å². The first kappa shape index (κ1) is 11.2. The Hall–Kier alpha value is -1.29. The molecular formula is C12H20N4. The van der Waals surface area contributed by atoms with E-state index in [9.17, 15) is 0 Å². The summed E-state index contributed by atoms with van der Waals surface area (Å²) in [6.07, 6.45) is 2.49. The van der Waals surface area contributed by atoms with Gasteiger partial charge in [-0.05, 0) is 39.1 Å². The van der Waals surface area contributed by atoms with Gasteiger partial charge < -0.3 is 15.5 Å². The lowest BCUT2D eigenvalue weighted by atomic mass is 10.2. The van der Waals surface area contributed by atoms with Gasteiger partial charge in [0.1, 0.15) is 11.6 Å². The van der Waals surface area contributed by atoms with E-state index in [0.717, 1.165) is 18.9 Å². The van der Waals surface area contributed by atoms with Gasteiger partial charge in [0.25, 0.3) is 0 Å². The van der Waals surface area contributed by atoms with Crippen molar-refractivity contribution in [2.45, 2.75) is 18.9 Å². The normalized spacial score (nSPS) is 20.7. The summed E-state index contributed by atoms with van der Waals surface area (Å²) < 4.78 is 0. The molecule has 4 heteroatoms. The molecule has 1 aliphatic rings. The number of anilines is 2. The lowest BCUT2D eigenvalue weighted by molar-refractivity contribution is 0.371. The van der Waals surface area contributed by atoms with Gasteiger partial charge in [-0.3, -0.25) is 0 Å². The van der Waals surface area contributed by atoms with E-state index in [4.69, 9.17) is 5.73 Å². The maximum Gasteiger partial charge on any atom is 0.131 e. The molecule has 4 nitrogen and oxygen atoms in total. The van der Waals surface area contributed by atoms with E-state index in [1.807, 2.05) is 18.2 Å². The van der Waals surface area contributed by atoms with E-state index in [1.54, 1.807) is 0 Å². The summed E-state index contributed by atoms with van der Waals surface area (Å²) in [6.45, 7) is 2.17. The zero-order valence-corrected chi connectivity index (χ0v) is 10.1. The second-order valence-electron chi connectivity index (χ2n) is 4.67. The van der Waals surface area contributed by atoms with Crippen LogP contribution in [-0.4, -0.2) is 43.1 Å². The van der Waals surface area contributed by atoms with Crippen molar-refractivity contribution in [3.63, 3.8) is 0 Å². The number of pyridine rings is 1. The Morgan fingerprint density at radius 2 is 2.31 bits per heavy atom. The molecule has 0 amide bonds. The number of nitrogens with two attached hydrogens (primary N) is 1. The molecule has 2 N–H and O–H groups in total. The predicted molar refractivity (Wildman–Crippen MR) is 67.6 cm³/mol. The van der Waals surface area contributed by atoms with Crippen molar-refractivity contribution in [2.75, 3.05) is 37.8 Å². The SMILES string of the molecule is CN(C)CC1CCCN1c1cccc(N)n1. The zero-order chi connectivity index (χ0) is 11.5. The van der Waals surface area contributed by atoms with Gasteiger partial charge in [0, 0.05) is 19.1 Å². The molecule has 1 atom stereocenters. The molecule has 0 saturated carbocycles. The number of aromatic nitrogens is 1. The molecule has 2 rings (SSSR count). The molecule has 1 aliphatic heterocycles. The fourth-order valence-corrected chi connectivity index (χ4v) is 2.35. The lowest BCUT2D eigenvalue weighted by Crippen LogP contribution is -2.38. The van der Waals surface area contributed by atoms with Crippen molar-refractivity contribution in [1.82, 2.24) is 9.88 Å². The third-order valence-corrected chi connectivity index (χ3v) is 3.00. The number of rotatable bonds is 3. The lowest BCUT2D eigenvalue weighted by Gasteiger charge is -2.28. The molecule has 1 saturated heterocycles. The van der Waals surface area contributed by atoms with Crippen LogP contribution in [0.15, 0.2) is 18.2 Å². The highest BCUT2D eigenvalue weighted by atomic mass is 15.3. The molecule has 0 aliphatic carbocycles. The summed E-state index contributed by atoms with van der Waals surface area (Å²) in [7, 11) is 4.23. The standard InChI is InChI=1S/C12H20N4/c1-15(2)9-10-5-4-8-16(10)12-7-3-6-11(13)14-12/h3,6-7,10H,4-5,8-9H2,1-2H3,(H2,13,14). The van der Waals surface area contributed by atoms with Gasteiger partial charge in [-0.15, -0.1) is 0 Å². The first-order valence-electron chi connectivity index (χ1n) is 5.81. The van der Waals surface area contributed by atoms with Crippen LogP contribution in [0.25, 0.3) is 0 Å². The summed E-state index contributed by atoms with van der Waals surface area (Å²) in [6, 6.07) is 6.43. The summed E-state index contributed by atoms with van der Waals surface area (Å²) >= 11 is 0. The highest BCUT2D eigenvalue weighted by molar-refractivity contribution is 5.46. The van der Waals surface area contributed by atoms with Crippen LogP contribution in [0, 0.1) is 0 Å². The van der Waals surface area contributed by atoms with Crippen LogP contribution in [0.2, 0.25) is 0 Å². The van der Waals surface area contributed by atoms with Crippen LogP contribution < -0.4 is 10.6 Å². The molecule has 0 aromatic carbocycles. The second kappa shape index (κ2) is 4.70. The molecule has 1 fully saturated rings. The van der Waals surface area contributed by atoms with Crippen LogP contribution in [0.4, 0.5) is 11.6 Å². The Bertz CT molecular complexity index is 351. The van der Waals surface area contributed by atoms with Crippen LogP contribution >= 0.6 is 0 Å². The maximum atomic E-state index is 5.72. The fraction of sp³-hybridized carbons (Fsp3) is 0.583. The monoisotopic (exact) mass is 220 g/mol. The van der Waals surface area contributed by atoms with Crippen molar-refractivity contribution in [2.24, 2.45) is 0 Å². The van der Waals surface area contributed by atoms with Gasteiger partial charge in [-0.2, -0.15) is 0 Å². The van der Waals surface area contributed by atoms with E-state index < -0.39 is 0 Å². The number of nitrogens with zero attached hydrogens (tertiary/aromatic N) is 3. The van der Waals surface area contributed by atoms with E-state index >= 15 is 0 Å². The summed E-state index contributed by atoms with van der Waals surface area (Å²) in [5.74, 6) is 1.62. The minimum Gasteiger partial charge on any atom is -0.384 e. The molecule has 1 unspecified atom stereocenters. The number of hydrogen-bond donors (Lipinski definition) is 1.